The van der Waals surface area contributed by atoms with Crippen molar-refractivity contribution in [1.29, 1.82) is 0 Å². The van der Waals surface area contributed by atoms with E-state index >= 15 is 0 Å². The Morgan fingerprint density at radius 1 is 1.27 bits per heavy atom. The summed E-state index contributed by atoms with van der Waals surface area (Å²) >= 11 is 0. The third-order valence-corrected chi connectivity index (χ3v) is 2.47. The number of rotatable bonds is 2. The molecule has 0 spiro atoms. The largest absolute Gasteiger partial charge is 0.285 e. The van der Waals surface area contributed by atoms with E-state index in [1.165, 1.54) is 6.20 Å². The van der Waals surface area contributed by atoms with Crippen LogP contribution in [0.1, 0.15) is 5.82 Å². The molecule has 1 N–H and O–H groups in total. The smallest absolute Gasteiger partial charge is 0.272 e. The molecule has 2 aromatic rings. The van der Waals surface area contributed by atoms with Crippen LogP contribution in [0.15, 0.2) is 30.5 Å². The zero-order chi connectivity index (χ0) is 10.9. The highest BCUT2D eigenvalue weighted by molar-refractivity contribution is 7.84. The van der Waals surface area contributed by atoms with Gasteiger partial charge < -0.3 is 0 Å². The summed E-state index contributed by atoms with van der Waals surface area (Å²) in [7, 11) is -4.07. The van der Waals surface area contributed by atoms with Gasteiger partial charge in [0, 0.05) is 11.6 Å². The second-order valence-electron chi connectivity index (χ2n) is 3.07. The SMILES string of the molecule is O=S(=O)(O)Cc1ncc2ccccc2n1. The highest BCUT2D eigenvalue weighted by atomic mass is 32.2. The fourth-order valence-corrected chi connectivity index (χ4v) is 1.71. The molecule has 1 aromatic heterocycles. The topological polar surface area (TPSA) is 80.2 Å². The summed E-state index contributed by atoms with van der Waals surface area (Å²) in [6, 6.07) is 7.22. The summed E-state index contributed by atoms with van der Waals surface area (Å²) in [5, 5.41) is 0.830. The number of hydrogen-bond acceptors (Lipinski definition) is 4. The average molecular weight is 224 g/mol. The first-order valence-electron chi connectivity index (χ1n) is 4.20. The predicted octanol–water partition coefficient (Wildman–Crippen LogP) is 1.02. The van der Waals surface area contributed by atoms with Crippen LogP contribution in [0.2, 0.25) is 0 Å². The molecule has 1 heterocycles. The maximum Gasteiger partial charge on any atom is 0.272 e. The van der Waals surface area contributed by atoms with Crippen LogP contribution in [-0.2, 0) is 15.9 Å². The maximum atomic E-state index is 10.6. The van der Waals surface area contributed by atoms with Crippen LogP contribution in [0, 0.1) is 0 Å². The van der Waals surface area contributed by atoms with Gasteiger partial charge >= 0.3 is 0 Å². The molecule has 78 valence electrons. The van der Waals surface area contributed by atoms with Gasteiger partial charge in [-0.3, -0.25) is 4.55 Å². The number of fused-ring (bicyclic) bond motifs is 1. The zero-order valence-electron chi connectivity index (χ0n) is 7.66. The van der Waals surface area contributed by atoms with E-state index in [1.54, 1.807) is 12.1 Å². The minimum atomic E-state index is -4.07. The fraction of sp³-hybridized carbons (Fsp3) is 0.111. The minimum absolute atomic E-state index is 0.0937. The molecule has 0 saturated carbocycles. The molecule has 0 unspecified atom stereocenters. The predicted molar refractivity (Wildman–Crippen MR) is 54.8 cm³/mol. The van der Waals surface area contributed by atoms with Crippen molar-refractivity contribution in [2.24, 2.45) is 0 Å². The van der Waals surface area contributed by atoms with Crippen molar-refractivity contribution in [2.45, 2.75) is 5.75 Å². The van der Waals surface area contributed by atoms with Crippen molar-refractivity contribution in [3.63, 3.8) is 0 Å². The highest BCUT2D eigenvalue weighted by Gasteiger charge is 2.09. The van der Waals surface area contributed by atoms with Crippen molar-refractivity contribution in [1.82, 2.24) is 9.97 Å². The van der Waals surface area contributed by atoms with Crippen molar-refractivity contribution >= 4 is 21.0 Å². The molecular weight excluding hydrogens is 216 g/mol. The number of aromatic nitrogens is 2. The van der Waals surface area contributed by atoms with Gasteiger partial charge in [-0.1, -0.05) is 18.2 Å². The molecule has 0 radical (unpaired) electrons. The highest BCUT2D eigenvalue weighted by Crippen LogP contribution is 2.10. The molecule has 0 bridgehead atoms. The number of nitrogens with zero attached hydrogens (tertiary/aromatic N) is 2. The Labute approximate surface area is 86.5 Å². The Morgan fingerprint density at radius 3 is 2.73 bits per heavy atom. The molecule has 0 amide bonds. The summed E-state index contributed by atoms with van der Waals surface area (Å²) in [5.41, 5.74) is 0.658. The lowest BCUT2D eigenvalue weighted by atomic mass is 10.2. The van der Waals surface area contributed by atoms with Gasteiger partial charge in [-0.25, -0.2) is 9.97 Å². The molecule has 0 atom stereocenters. The third-order valence-electron chi connectivity index (χ3n) is 1.85. The molecule has 0 saturated heterocycles. The Bertz CT molecular complexity index is 595. The molecular formula is C9H8N2O3S. The van der Waals surface area contributed by atoms with Gasteiger partial charge in [0.2, 0.25) is 0 Å². The Kier molecular flexibility index (Phi) is 2.37. The van der Waals surface area contributed by atoms with Gasteiger partial charge in [0.15, 0.2) is 0 Å². The third kappa shape index (κ3) is 2.48. The second kappa shape index (κ2) is 3.56. The normalized spacial score (nSPS) is 11.8. The van der Waals surface area contributed by atoms with Crippen LogP contribution in [-0.4, -0.2) is 22.9 Å². The van der Waals surface area contributed by atoms with E-state index in [4.69, 9.17) is 4.55 Å². The number of hydrogen-bond donors (Lipinski definition) is 1. The number of benzene rings is 1. The molecule has 15 heavy (non-hydrogen) atoms. The molecule has 0 aliphatic heterocycles. The van der Waals surface area contributed by atoms with Gasteiger partial charge in [0.1, 0.15) is 11.6 Å². The first-order chi connectivity index (χ1) is 7.04. The molecule has 6 heteroatoms. The lowest BCUT2D eigenvalue weighted by Crippen LogP contribution is -2.05. The van der Waals surface area contributed by atoms with Crippen molar-refractivity contribution in [3.05, 3.63) is 36.3 Å². The van der Waals surface area contributed by atoms with E-state index in [-0.39, 0.29) is 5.82 Å². The van der Waals surface area contributed by atoms with Gasteiger partial charge in [0.05, 0.1) is 5.52 Å². The van der Waals surface area contributed by atoms with Crippen LogP contribution in [0.3, 0.4) is 0 Å². The minimum Gasteiger partial charge on any atom is -0.285 e. The molecule has 5 nitrogen and oxygen atoms in total. The summed E-state index contributed by atoms with van der Waals surface area (Å²) < 4.78 is 29.9. The first kappa shape index (κ1) is 10.0. The standard InChI is InChI=1S/C9H8N2O3S/c12-15(13,14)6-9-10-5-7-3-1-2-4-8(7)11-9/h1-5H,6H2,(H,12,13,14). The summed E-state index contributed by atoms with van der Waals surface area (Å²) in [6.07, 6.45) is 1.53. The summed E-state index contributed by atoms with van der Waals surface area (Å²) in [6.45, 7) is 0. The van der Waals surface area contributed by atoms with Crippen LogP contribution < -0.4 is 0 Å². The van der Waals surface area contributed by atoms with Crippen molar-refractivity contribution < 1.29 is 13.0 Å². The monoisotopic (exact) mass is 224 g/mol. The molecule has 0 aliphatic rings. The number of para-hydroxylation sites is 1. The first-order valence-corrected chi connectivity index (χ1v) is 5.81. The fourth-order valence-electron chi connectivity index (χ4n) is 1.24. The molecule has 1 aromatic carbocycles. The summed E-state index contributed by atoms with van der Waals surface area (Å²) in [4.78, 5) is 7.85. The zero-order valence-corrected chi connectivity index (χ0v) is 8.48. The van der Waals surface area contributed by atoms with E-state index in [0.717, 1.165) is 5.39 Å². The van der Waals surface area contributed by atoms with E-state index in [0.29, 0.717) is 5.52 Å². The average Bonchev–Trinajstić information content (AvgIpc) is 2.15. The van der Waals surface area contributed by atoms with E-state index in [2.05, 4.69) is 9.97 Å². The Hall–Kier alpha value is -1.53. The van der Waals surface area contributed by atoms with Crippen LogP contribution in [0.4, 0.5) is 0 Å². The van der Waals surface area contributed by atoms with Crippen molar-refractivity contribution in [3.8, 4) is 0 Å². The lowest BCUT2D eigenvalue weighted by Gasteiger charge is -1.99. The van der Waals surface area contributed by atoms with E-state index in [1.807, 2.05) is 12.1 Å². The van der Waals surface area contributed by atoms with Crippen LogP contribution >= 0.6 is 0 Å². The van der Waals surface area contributed by atoms with Crippen LogP contribution in [0.25, 0.3) is 10.9 Å². The van der Waals surface area contributed by atoms with Gasteiger partial charge in [-0.15, -0.1) is 0 Å². The molecule has 0 fully saturated rings. The van der Waals surface area contributed by atoms with Gasteiger partial charge in [-0.2, -0.15) is 8.42 Å². The summed E-state index contributed by atoms with van der Waals surface area (Å²) in [5.74, 6) is -0.464. The quantitative estimate of drug-likeness (QED) is 0.770. The van der Waals surface area contributed by atoms with Gasteiger partial charge in [0.25, 0.3) is 10.1 Å². The van der Waals surface area contributed by atoms with E-state index in [9.17, 15) is 8.42 Å². The maximum absolute atomic E-state index is 10.6. The van der Waals surface area contributed by atoms with Gasteiger partial charge in [-0.05, 0) is 6.07 Å². The van der Waals surface area contributed by atoms with Crippen LogP contribution in [0.5, 0.6) is 0 Å². The molecule has 0 aliphatic carbocycles. The molecule has 2 rings (SSSR count). The lowest BCUT2D eigenvalue weighted by molar-refractivity contribution is 0.481. The van der Waals surface area contributed by atoms with Crippen molar-refractivity contribution in [2.75, 3.05) is 0 Å². The Balaban J connectivity index is 2.48. The Morgan fingerprint density at radius 2 is 2.00 bits per heavy atom. The van der Waals surface area contributed by atoms with E-state index < -0.39 is 15.9 Å². The second-order valence-corrected chi connectivity index (χ2v) is 4.52.